The van der Waals surface area contributed by atoms with Gasteiger partial charge in [0.15, 0.2) is 0 Å². The van der Waals surface area contributed by atoms with Crippen LogP contribution in [0.1, 0.15) is 33.1 Å². The van der Waals surface area contributed by atoms with Crippen molar-refractivity contribution in [2.24, 2.45) is 0 Å². The number of benzene rings is 2. The molecule has 1 atom stereocenters. The molecule has 1 aliphatic rings. The summed E-state index contributed by atoms with van der Waals surface area (Å²) >= 11 is 0. The first kappa shape index (κ1) is 18.3. The second-order valence-corrected chi connectivity index (χ2v) is 6.56. The van der Waals surface area contributed by atoms with E-state index in [1.165, 1.54) is 11.2 Å². The summed E-state index contributed by atoms with van der Waals surface area (Å²) in [5.74, 6) is -0.438. The Morgan fingerprint density at radius 1 is 1.14 bits per heavy atom. The van der Waals surface area contributed by atoms with Crippen molar-refractivity contribution in [2.75, 3.05) is 11.1 Å². The number of hydrogen-bond donors (Lipinski definition) is 3. The topological polar surface area (TPSA) is 125 Å². The number of rotatable bonds is 5. The normalized spacial score (nSPS) is 13.7. The standard InChI is InChI=1S/C21H18N6O2/c22-10-16-18(23)24-12-25-19(16)26-20(28)17(13-6-2-1-3-7-13)27-11-14-8-4-5-9-15(14)21(27)29/h1-10,12,17,22H,11H2,(H3,23,24,25,26,28)/t17-/m1/s1. The van der Waals surface area contributed by atoms with E-state index in [4.69, 9.17) is 11.1 Å². The van der Waals surface area contributed by atoms with Crippen LogP contribution in [-0.4, -0.2) is 32.9 Å². The molecule has 29 heavy (non-hydrogen) atoms. The predicted octanol–water partition coefficient (Wildman–Crippen LogP) is 2.39. The zero-order chi connectivity index (χ0) is 20.4. The van der Waals surface area contributed by atoms with Gasteiger partial charge in [-0.15, -0.1) is 0 Å². The van der Waals surface area contributed by atoms with Gasteiger partial charge in [0, 0.05) is 18.3 Å². The van der Waals surface area contributed by atoms with Gasteiger partial charge in [0.05, 0.1) is 5.56 Å². The lowest BCUT2D eigenvalue weighted by Crippen LogP contribution is -2.38. The Balaban J connectivity index is 1.71. The van der Waals surface area contributed by atoms with Crippen LogP contribution in [0.2, 0.25) is 0 Å². The summed E-state index contributed by atoms with van der Waals surface area (Å²) in [6.45, 7) is 0.325. The van der Waals surface area contributed by atoms with Crippen molar-refractivity contribution >= 4 is 29.7 Å². The van der Waals surface area contributed by atoms with Gasteiger partial charge >= 0.3 is 0 Å². The molecule has 0 radical (unpaired) electrons. The molecular formula is C21H18N6O2. The maximum absolute atomic E-state index is 13.3. The number of carbonyl (C=O) groups is 2. The van der Waals surface area contributed by atoms with Gasteiger partial charge in [-0.3, -0.25) is 9.59 Å². The lowest BCUT2D eigenvalue weighted by molar-refractivity contribution is -0.120. The fraction of sp³-hybridized carbons (Fsp3) is 0.0952. The lowest BCUT2D eigenvalue weighted by Gasteiger charge is -2.27. The van der Waals surface area contributed by atoms with Gasteiger partial charge < -0.3 is 21.4 Å². The van der Waals surface area contributed by atoms with Gasteiger partial charge in [0.1, 0.15) is 24.0 Å². The zero-order valence-electron chi connectivity index (χ0n) is 15.4. The molecule has 144 valence electrons. The number of nitrogens with two attached hydrogens (primary N) is 1. The molecule has 4 rings (SSSR count). The van der Waals surface area contributed by atoms with Gasteiger partial charge in [0.25, 0.3) is 11.8 Å². The van der Waals surface area contributed by atoms with Gasteiger partial charge in [0.2, 0.25) is 0 Å². The number of nitrogen functional groups attached to an aromatic ring is 1. The first-order valence-corrected chi connectivity index (χ1v) is 8.95. The molecule has 0 unspecified atom stereocenters. The summed E-state index contributed by atoms with van der Waals surface area (Å²) in [6, 6.07) is 15.5. The molecule has 8 heteroatoms. The molecule has 0 fully saturated rings. The van der Waals surface area contributed by atoms with Crippen LogP contribution in [0, 0.1) is 5.41 Å². The molecule has 2 amide bonds. The average molecular weight is 386 g/mol. The Bertz CT molecular complexity index is 1100. The summed E-state index contributed by atoms with van der Waals surface area (Å²) in [4.78, 5) is 35.7. The van der Waals surface area contributed by atoms with Crippen molar-refractivity contribution < 1.29 is 9.59 Å². The van der Waals surface area contributed by atoms with E-state index in [0.717, 1.165) is 11.8 Å². The van der Waals surface area contributed by atoms with Crippen molar-refractivity contribution in [3.8, 4) is 0 Å². The molecule has 1 aromatic heterocycles. The van der Waals surface area contributed by atoms with Crippen molar-refractivity contribution in [3.05, 3.63) is 83.2 Å². The Labute approximate surface area is 166 Å². The van der Waals surface area contributed by atoms with Gasteiger partial charge in [-0.25, -0.2) is 9.97 Å². The minimum absolute atomic E-state index is 0.0891. The highest BCUT2D eigenvalue weighted by Gasteiger charge is 2.37. The lowest BCUT2D eigenvalue weighted by atomic mass is 10.0. The maximum Gasteiger partial charge on any atom is 0.255 e. The number of aromatic nitrogens is 2. The first-order chi connectivity index (χ1) is 14.1. The van der Waals surface area contributed by atoms with Crippen LogP contribution in [0.15, 0.2) is 60.9 Å². The van der Waals surface area contributed by atoms with Crippen LogP contribution < -0.4 is 11.1 Å². The van der Waals surface area contributed by atoms with Crippen molar-refractivity contribution in [1.29, 1.82) is 5.41 Å². The van der Waals surface area contributed by atoms with E-state index in [9.17, 15) is 9.59 Å². The highest BCUT2D eigenvalue weighted by Crippen LogP contribution is 2.32. The van der Waals surface area contributed by atoms with Crippen LogP contribution in [-0.2, 0) is 11.3 Å². The van der Waals surface area contributed by atoms with E-state index < -0.39 is 11.9 Å². The van der Waals surface area contributed by atoms with Crippen LogP contribution in [0.3, 0.4) is 0 Å². The van der Waals surface area contributed by atoms with E-state index in [1.807, 2.05) is 30.3 Å². The van der Waals surface area contributed by atoms with Crippen LogP contribution >= 0.6 is 0 Å². The van der Waals surface area contributed by atoms with E-state index >= 15 is 0 Å². The summed E-state index contributed by atoms with van der Waals surface area (Å²) in [6.07, 6.45) is 2.20. The molecule has 0 aliphatic carbocycles. The molecule has 2 aromatic carbocycles. The number of anilines is 2. The average Bonchev–Trinajstić information content (AvgIpc) is 3.06. The predicted molar refractivity (Wildman–Crippen MR) is 108 cm³/mol. The molecule has 1 aliphatic heterocycles. The Morgan fingerprint density at radius 2 is 1.86 bits per heavy atom. The molecular weight excluding hydrogens is 368 g/mol. The summed E-state index contributed by atoms with van der Waals surface area (Å²) in [7, 11) is 0. The highest BCUT2D eigenvalue weighted by molar-refractivity contribution is 6.05. The van der Waals surface area contributed by atoms with Crippen molar-refractivity contribution in [1.82, 2.24) is 14.9 Å². The summed E-state index contributed by atoms with van der Waals surface area (Å²) in [5, 5.41) is 10.2. The fourth-order valence-corrected chi connectivity index (χ4v) is 3.43. The Hall–Kier alpha value is -4.07. The van der Waals surface area contributed by atoms with Crippen LogP contribution in [0.4, 0.5) is 11.6 Å². The monoisotopic (exact) mass is 386 g/mol. The largest absolute Gasteiger partial charge is 0.383 e. The smallest absolute Gasteiger partial charge is 0.255 e. The minimum atomic E-state index is -0.870. The molecule has 0 saturated heterocycles. The third-order valence-electron chi connectivity index (χ3n) is 4.83. The molecule has 8 nitrogen and oxygen atoms in total. The molecule has 0 bridgehead atoms. The molecule has 3 aromatic rings. The molecule has 4 N–H and O–H groups in total. The van der Waals surface area contributed by atoms with E-state index in [-0.39, 0.29) is 23.1 Å². The van der Waals surface area contributed by atoms with E-state index in [0.29, 0.717) is 17.7 Å². The number of amides is 2. The van der Waals surface area contributed by atoms with Crippen molar-refractivity contribution in [3.63, 3.8) is 0 Å². The zero-order valence-corrected chi connectivity index (χ0v) is 15.4. The minimum Gasteiger partial charge on any atom is -0.383 e. The van der Waals surface area contributed by atoms with Crippen molar-refractivity contribution in [2.45, 2.75) is 12.6 Å². The first-order valence-electron chi connectivity index (χ1n) is 8.95. The Morgan fingerprint density at radius 3 is 2.59 bits per heavy atom. The van der Waals surface area contributed by atoms with Gasteiger partial charge in [-0.2, -0.15) is 0 Å². The second kappa shape index (κ2) is 7.51. The number of hydrogen-bond acceptors (Lipinski definition) is 6. The number of carbonyl (C=O) groups excluding carboxylic acids is 2. The third kappa shape index (κ3) is 3.31. The summed E-state index contributed by atoms with van der Waals surface area (Å²) in [5.41, 5.74) is 8.12. The van der Waals surface area contributed by atoms with E-state index in [2.05, 4.69) is 15.3 Å². The second-order valence-electron chi connectivity index (χ2n) is 6.56. The quantitative estimate of drug-likeness (QED) is 0.581. The SMILES string of the molecule is N=Cc1c(N)ncnc1NC(=O)[C@@H](c1ccccc1)N1Cc2ccccc2C1=O. The van der Waals surface area contributed by atoms with E-state index in [1.54, 1.807) is 24.3 Å². The Kier molecular flexibility index (Phi) is 4.74. The number of fused-ring (bicyclic) bond motifs is 1. The molecule has 0 saturated carbocycles. The number of nitrogens with one attached hydrogen (secondary N) is 2. The van der Waals surface area contributed by atoms with Gasteiger partial charge in [-0.1, -0.05) is 48.5 Å². The van der Waals surface area contributed by atoms with Crippen LogP contribution in [0.25, 0.3) is 0 Å². The third-order valence-corrected chi connectivity index (χ3v) is 4.83. The number of nitrogens with zero attached hydrogens (tertiary/aromatic N) is 3. The highest BCUT2D eigenvalue weighted by atomic mass is 16.2. The van der Waals surface area contributed by atoms with Crippen LogP contribution in [0.5, 0.6) is 0 Å². The fourth-order valence-electron chi connectivity index (χ4n) is 3.43. The molecule has 2 heterocycles. The molecule has 0 spiro atoms. The summed E-state index contributed by atoms with van der Waals surface area (Å²) < 4.78 is 0. The maximum atomic E-state index is 13.3. The van der Waals surface area contributed by atoms with Gasteiger partial charge in [-0.05, 0) is 17.2 Å².